The summed E-state index contributed by atoms with van der Waals surface area (Å²) in [6, 6.07) is 90.7. The van der Waals surface area contributed by atoms with Crippen molar-refractivity contribution in [2.75, 3.05) is 12.3 Å². The average molecular weight is 1300 g/mol. The van der Waals surface area contributed by atoms with Gasteiger partial charge in [0.05, 0.1) is 37.1 Å². The zero-order chi connectivity index (χ0) is 46.1. The van der Waals surface area contributed by atoms with E-state index in [-0.39, 0.29) is 44.8 Å². The van der Waals surface area contributed by atoms with E-state index >= 15 is 0 Å². The first-order chi connectivity index (χ1) is 33.7. The molecule has 0 amide bonds. The van der Waals surface area contributed by atoms with Crippen molar-refractivity contribution < 1.29 is 44.8 Å². The van der Waals surface area contributed by atoms with E-state index in [0.29, 0.717) is 0 Å². The van der Waals surface area contributed by atoms with E-state index in [1.807, 2.05) is 24.3 Å². The van der Waals surface area contributed by atoms with Crippen molar-refractivity contribution in [3.05, 3.63) is 279 Å². The molecule has 0 nitrogen and oxygen atoms in total. The van der Waals surface area contributed by atoms with Gasteiger partial charge in [-0.25, -0.2) is 0 Å². The van der Waals surface area contributed by atoms with E-state index in [9.17, 15) is 0 Å². The van der Waals surface area contributed by atoms with Crippen molar-refractivity contribution in [2.24, 2.45) is 0 Å². The molecule has 0 N–H and O–H groups in total. The van der Waals surface area contributed by atoms with Crippen LogP contribution in [0.3, 0.4) is 0 Å². The first-order valence-electron chi connectivity index (χ1n) is 23.1. The number of benzene rings is 12. The van der Waals surface area contributed by atoms with Crippen molar-refractivity contribution in [1.82, 2.24) is 0 Å². The molecular formula is C66H48Au2P2+2. The summed E-state index contributed by atoms with van der Waals surface area (Å²) < 4.78 is 0. The predicted molar refractivity (Wildman–Crippen MR) is 301 cm³/mol. The molecule has 0 fully saturated rings. The van der Waals surface area contributed by atoms with Gasteiger partial charge in [0, 0.05) is 0 Å². The van der Waals surface area contributed by atoms with Gasteiger partial charge in [0.25, 0.3) is 0 Å². The monoisotopic (exact) mass is 1300 g/mol. The van der Waals surface area contributed by atoms with Gasteiger partial charge < -0.3 is 12.8 Å². The summed E-state index contributed by atoms with van der Waals surface area (Å²) in [5, 5.41) is 20.7. The van der Waals surface area contributed by atoms with E-state index in [0.717, 1.165) is 21.9 Å². The minimum absolute atomic E-state index is 0. The fourth-order valence-corrected chi connectivity index (χ4v) is 15.8. The van der Waals surface area contributed by atoms with Gasteiger partial charge in [-0.15, -0.1) is 23.3 Å². The molecule has 0 aliphatic carbocycles. The van der Waals surface area contributed by atoms with Crippen molar-refractivity contribution >= 4 is 102 Å². The molecule has 12 aromatic rings. The Hall–Kier alpha value is -6.34. The van der Waals surface area contributed by atoms with Crippen LogP contribution in [0.1, 0.15) is 11.1 Å². The van der Waals surface area contributed by atoms with Gasteiger partial charge in [0.1, 0.15) is 12.3 Å². The molecule has 0 spiro atoms. The maximum Gasteiger partial charge on any atom is 1.00 e. The third kappa shape index (κ3) is 10.8. The Morgan fingerprint density at radius 2 is 0.500 bits per heavy atom. The van der Waals surface area contributed by atoms with Gasteiger partial charge >= 0.3 is 44.8 Å². The normalized spacial score (nSPS) is 10.7. The Labute approximate surface area is 445 Å². The molecule has 0 aliphatic rings. The SMILES string of the molecule is [Au+].[Au+].[C-]#Cc1cccc2c1ccc1c3ccccc3ccc21.[C-]#Cc1cccc2c1ccc1c3ccccc3ccc21.c1ccc([PH+](CC[PH+](c2ccccc2)c2ccccc2)c2ccccc2)cc1. The first kappa shape index (κ1) is 50.1. The van der Waals surface area contributed by atoms with Gasteiger partial charge in [0.2, 0.25) is 0 Å². The van der Waals surface area contributed by atoms with Crippen LogP contribution in [-0.4, -0.2) is 12.3 Å². The number of rotatable bonds is 7. The summed E-state index contributed by atoms with van der Waals surface area (Å²) in [6.45, 7) is 0. The van der Waals surface area contributed by atoms with E-state index in [1.54, 1.807) is 0 Å². The molecule has 70 heavy (non-hydrogen) atoms. The zero-order valence-electron chi connectivity index (χ0n) is 38.3. The standard InChI is InChI=1S/C26H24P2.2C20H11.2Au/c1-5-13-23(14-6-1)27(24-15-7-2-8-16-24)21-22-28(25-17-9-3-10-18-25)26-19-11-4-12-20-26;2*1-2-14-7-5-9-18-17(14)12-13-19-16-8-4-3-6-15(16)10-11-20(18)19;;/h1-20H,21-22H2;2*3-13H;;/q;2*-1;2*+1/p+2. The molecule has 12 aromatic carbocycles. The summed E-state index contributed by atoms with van der Waals surface area (Å²) in [6.07, 6.45) is 17.4. The van der Waals surface area contributed by atoms with Crippen LogP contribution in [0.2, 0.25) is 0 Å². The fourth-order valence-electron chi connectivity index (χ4n) is 9.65. The number of fused-ring (bicyclic) bond motifs is 10. The summed E-state index contributed by atoms with van der Waals surface area (Å²) in [5.41, 5.74) is 1.69. The fraction of sp³-hybridized carbons (Fsp3) is 0.0303. The molecule has 0 unspecified atom stereocenters. The van der Waals surface area contributed by atoms with Crippen LogP contribution in [0.15, 0.2) is 255 Å². The Kier molecular flexibility index (Phi) is 17.2. The van der Waals surface area contributed by atoms with Gasteiger partial charge in [-0.2, -0.15) is 0 Å². The molecule has 0 aromatic heterocycles. The van der Waals surface area contributed by atoms with Crippen molar-refractivity contribution in [1.29, 1.82) is 0 Å². The van der Waals surface area contributed by atoms with E-state index in [2.05, 4.69) is 242 Å². The maximum atomic E-state index is 7.41. The molecule has 4 heteroatoms. The first-order valence-corrected chi connectivity index (χ1v) is 26.5. The van der Waals surface area contributed by atoms with Crippen LogP contribution in [0, 0.1) is 24.7 Å². The Balaban J connectivity index is 0.000000142. The smallest absolute Gasteiger partial charge is 0.366 e. The Morgan fingerprint density at radius 3 is 0.843 bits per heavy atom. The van der Waals surface area contributed by atoms with Crippen molar-refractivity contribution in [2.45, 2.75) is 0 Å². The molecule has 0 heterocycles. The molecule has 0 atom stereocenters. The summed E-state index contributed by atoms with van der Waals surface area (Å²) in [4.78, 5) is 0. The number of hydrogen-bond donors (Lipinski definition) is 0. The van der Waals surface area contributed by atoms with Crippen molar-refractivity contribution in [3.8, 4) is 11.8 Å². The minimum Gasteiger partial charge on any atom is -0.366 e. The van der Waals surface area contributed by atoms with Crippen LogP contribution >= 0.6 is 15.8 Å². The van der Waals surface area contributed by atoms with E-state index in [4.69, 9.17) is 12.8 Å². The second-order valence-electron chi connectivity index (χ2n) is 16.9. The molecule has 0 bridgehead atoms. The Morgan fingerprint density at radius 1 is 0.243 bits per heavy atom. The van der Waals surface area contributed by atoms with Gasteiger partial charge in [0.15, 0.2) is 0 Å². The van der Waals surface area contributed by atoms with Crippen LogP contribution in [0.25, 0.3) is 64.6 Å². The predicted octanol–water partition coefficient (Wildman–Crippen LogP) is 14.9. The molecule has 342 valence electrons. The Bertz CT molecular complexity index is 3440. The summed E-state index contributed by atoms with van der Waals surface area (Å²) >= 11 is 0. The molecule has 12 rings (SSSR count). The van der Waals surface area contributed by atoms with Crippen molar-refractivity contribution in [3.63, 3.8) is 0 Å². The second kappa shape index (κ2) is 24.0. The van der Waals surface area contributed by atoms with E-state index in [1.165, 1.54) is 87.4 Å². The average Bonchev–Trinajstić information content (AvgIpc) is 3.42. The maximum absolute atomic E-state index is 7.41. The molecule has 0 radical (unpaired) electrons. The quantitative estimate of drug-likeness (QED) is 0.0490. The number of hydrogen-bond acceptors (Lipinski definition) is 0. The van der Waals surface area contributed by atoms with Crippen LogP contribution in [-0.2, 0) is 44.8 Å². The summed E-state index contributed by atoms with van der Waals surface area (Å²) in [5.74, 6) is 5.04. The van der Waals surface area contributed by atoms with Crippen LogP contribution < -0.4 is 21.2 Å². The van der Waals surface area contributed by atoms with E-state index < -0.39 is 15.8 Å². The van der Waals surface area contributed by atoms with Gasteiger partial charge in [-0.3, -0.25) is 11.8 Å². The topological polar surface area (TPSA) is 0 Å². The van der Waals surface area contributed by atoms with Crippen LogP contribution in [0.5, 0.6) is 0 Å². The second-order valence-corrected chi connectivity index (χ2v) is 22.1. The molecule has 0 saturated heterocycles. The molecule has 0 aliphatic heterocycles. The van der Waals surface area contributed by atoms with Crippen LogP contribution in [0.4, 0.5) is 0 Å². The molecule has 0 saturated carbocycles. The van der Waals surface area contributed by atoms with Gasteiger partial charge in [-0.05, 0) is 102 Å². The largest absolute Gasteiger partial charge is 1.00 e. The zero-order valence-corrected chi connectivity index (χ0v) is 44.6. The van der Waals surface area contributed by atoms with Gasteiger partial charge in [-0.1, -0.05) is 205 Å². The third-order valence-electron chi connectivity index (χ3n) is 13.0. The third-order valence-corrected chi connectivity index (χ3v) is 19.1. The minimum atomic E-state index is -0.783. The summed E-state index contributed by atoms with van der Waals surface area (Å²) in [7, 11) is -1.57. The molecular weight excluding hydrogens is 1250 g/mol.